The van der Waals surface area contributed by atoms with E-state index in [1.165, 1.54) is 0 Å². The Kier molecular flexibility index (Phi) is 4.06. The van der Waals surface area contributed by atoms with E-state index in [0.29, 0.717) is 6.04 Å². The molecule has 3 nitrogen and oxygen atoms in total. The van der Waals surface area contributed by atoms with Gasteiger partial charge >= 0.3 is 0 Å². The zero-order valence-corrected chi connectivity index (χ0v) is 9.14. The summed E-state index contributed by atoms with van der Waals surface area (Å²) in [6, 6.07) is 0.0796. The molecule has 0 bridgehead atoms. The molecule has 1 aliphatic heterocycles. The molecule has 1 rings (SSSR count). The summed E-state index contributed by atoms with van der Waals surface area (Å²) in [6.07, 6.45) is 4.34. The summed E-state index contributed by atoms with van der Waals surface area (Å²) in [7, 11) is 0. The van der Waals surface area contributed by atoms with Gasteiger partial charge in [0.15, 0.2) is 0 Å². The number of likely N-dealkylation sites (tertiary alicyclic amines) is 1. The minimum absolute atomic E-state index is 0.108. The van der Waals surface area contributed by atoms with Crippen LogP contribution in [0.3, 0.4) is 0 Å². The van der Waals surface area contributed by atoms with E-state index in [2.05, 4.69) is 6.26 Å². The lowest BCUT2D eigenvalue weighted by atomic mass is 10.2. The average molecular weight is 202 g/mol. The molecule has 0 aromatic rings. The Hall–Kier alpha value is -0.220. The van der Waals surface area contributed by atoms with Crippen molar-refractivity contribution in [3.63, 3.8) is 0 Å². The SMILES string of the molecule is CSC[C@H]1CCCN1C(=O)[C@@H](C)N. The highest BCUT2D eigenvalue weighted by Gasteiger charge is 2.29. The Bertz CT molecular complexity index is 184. The summed E-state index contributed by atoms with van der Waals surface area (Å²) in [4.78, 5) is 13.6. The first-order chi connectivity index (χ1) is 6.16. The molecule has 1 saturated heterocycles. The summed E-state index contributed by atoms with van der Waals surface area (Å²) < 4.78 is 0. The summed E-state index contributed by atoms with van der Waals surface area (Å²) in [6.45, 7) is 2.66. The van der Waals surface area contributed by atoms with Crippen molar-refractivity contribution in [3.8, 4) is 0 Å². The minimum atomic E-state index is -0.345. The third kappa shape index (κ3) is 2.61. The molecule has 76 valence electrons. The molecule has 0 aromatic carbocycles. The number of hydrogen-bond acceptors (Lipinski definition) is 3. The summed E-state index contributed by atoms with van der Waals surface area (Å²) in [5.41, 5.74) is 5.58. The van der Waals surface area contributed by atoms with Gasteiger partial charge in [0.05, 0.1) is 6.04 Å². The highest BCUT2D eigenvalue weighted by molar-refractivity contribution is 7.98. The van der Waals surface area contributed by atoms with E-state index >= 15 is 0 Å². The van der Waals surface area contributed by atoms with E-state index in [1.54, 1.807) is 18.7 Å². The number of hydrogen-bond donors (Lipinski definition) is 1. The lowest BCUT2D eigenvalue weighted by Crippen LogP contribution is -2.45. The van der Waals surface area contributed by atoms with Crippen LogP contribution < -0.4 is 5.73 Å². The lowest BCUT2D eigenvalue weighted by molar-refractivity contribution is -0.132. The van der Waals surface area contributed by atoms with E-state index in [-0.39, 0.29) is 11.9 Å². The first-order valence-electron chi connectivity index (χ1n) is 4.71. The monoisotopic (exact) mass is 202 g/mol. The van der Waals surface area contributed by atoms with Crippen LogP contribution in [0.25, 0.3) is 0 Å². The predicted octanol–water partition coefficient (Wildman–Crippen LogP) is 0.688. The second-order valence-electron chi connectivity index (χ2n) is 3.57. The van der Waals surface area contributed by atoms with Crippen molar-refractivity contribution in [2.75, 3.05) is 18.6 Å². The number of nitrogens with zero attached hydrogens (tertiary/aromatic N) is 1. The molecular formula is C9H18N2OS. The number of carbonyl (C=O) groups excluding carboxylic acids is 1. The van der Waals surface area contributed by atoms with Gasteiger partial charge in [0.2, 0.25) is 5.91 Å². The van der Waals surface area contributed by atoms with Crippen LogP contribution >= 0.6 is 11.8 Å². The quantitative estimate of drug-likeness (QED) is 0.732. The van der Waals surface area contributed by atoms with Gasteiger partial charge < -0.3 is 10.6 Å². The topological polar surface area (TPSA) is 46.3 Å². The Morgan fingerprint density at radius 2 is 2.46 bits per heavy atom. The number of thioether (sulfide) groups is 1. The maximum absolute atomic E-state index is 11.6. The first-order valence-corrected chi connectivity index (χ1v) is 6.11. The molecule has 2 atom stereocenters. The standard InChI is InChI=1S/C9H18N2OS/c1-7(10)9(12)11-5-3-4-8(11)6-13-2/h7-8H,3-6,10H2,1-2H3/t7-,8-/m1/s1. The fraction of sp³-hybridized carbons (Fsp3) is 0.889. The summed E-state index contributed by atoms with van der Waals surface area (Å²) >= 11 is 1.80. The molecule has 1 heterocycles. The molecule has 1 fully saturated rings. The largest absolute Gasteiger partial charge is 0.338 e. The Balaban J connectivity index is 2.52. The Morgan fingerprint density at radius 3 is 3.00 bits per heavy atom. The molecule has 0 spiro atoms. The second-order valence-corrected chi connectivity index (χ2v) is 4.48. The van der Waals surface area contributed by atoms with Crippen molar-refractivity contribution in [3.05, 3.63) is 0 Å². The molecule has 2 N–H and O–H groups in total. The molecule has 1 amide bonds. The van der Waals surface area contributed by atoms with E-state index in [4.69, 9.17) is 5.73 Å². The molecular weight excluding hydrogens is 184 g/mol. The van der Waals surface area contributed by atoms with Gasteiger partial charge in [0.25, 0.3) is 0 Å². The van der Waals surface area contributed by atoms with Gasteiger partial charge in [-0.2, -0.15) is 11.8 Å². The second kappa shape index (κ2) is 4.86. The van der Waals surface area contributed by atoms with Gasteiger partial charge in [-0.25, -0.2) is 0 Å². The maximum Gasteiger partial charge on any atom is 0.239 e. The van der Waals surface area contributed by atoms with Crippen LogP contribution in [-0.4, -0.2) is 41.4 Å². The predicted molar refractivity (Wildman–Crippen MR) is 56.8 cm³/mol. The van der Waals surface area contributed by atoms with Crippen molar-refractivity contribution in [1.29, 1.82) is 0 Å². The van der Waals surface area contributed by atoms with Gasteiger partial charge in [-0.05, 0) is 26.0 Å². The van der Waals surface area contributed by atoms with Crippen LogP contribution in [0, 0.1) is 0 Å². The van der Waals surface area contributed by atoms with Gasteiger partial charge in [-0.1, -0.05) is 0 Å². The maximum atomic E-state index is 11.6. The van der Waals surface area contributed by atoms with Gasteiger partial charge in [0.1, 0.15) is 0 Å². The van der Waals surface area contributed by atoms with Crippen LogP contribution in [0.15, 0.2) is 0 Å². The van der Waals surface area contributed by atoms with Crippen molar-refractivity contribution >= 4 is 17.7 Å². The minimum Gasteiger partial charge on any atom is -0.338 e. The van der Waals surface area contributed by atoms with Crippen LogP contribution in [0.4, 0.5) is 0 Å². The first kappa shape index (κ1) is 10.9. The van der Waals surface area contributed by atoms with Crippen LogP contribution in [0.1, 0.15) is 19.8 Å². The number of amides is 1. The Morgan fingerprint density at radius 1 is 1.77 bits per heavy atom. The van der Waals surface area contributed by atoms with E-state index in [1.807, 2.05) is 4.90 Å². The third-order valence-corrected chi connectivity index (χ3v) is 3.13. The molecule has 0 aromatic heterocycles. The van der Waals surface area contributed by atoms with E-state index in [0.717, 1.165) is 25.1 Å². The fourth-order valence-electron chi connectivity index (χ4n) is 1.75. The molecule has 0 aliphatic carbocycles. The van der Waals surface area contributed by atoms with Gasteiger partial charge in [0, 0.05) is 18.3 Å². The Labute approximate surface area is 84.0 Å². The molecule has 13 heavy (non-hydrogen) atoms. The molecule has 4 heteroatoms. The van der Waals surface area contributed by atoms with Crippen molar-refractivity contribution in [2.45, 2.75) is 31.8 Å². The van der Waals surface area contributed by atoms with Crippen molar-refractivity contribution < 1.29 is 4.79 Å². The zero-order valence-electron chi connectivity index (χ0n) is 8.32. The highest BCUT2D eigenvalue weighted by atomic mass is 32.2. The summed E-state index contributed by atoms with van der Waals surface area (Å²) in [5, 5.41) is 0. The summed E-state index contributed by atoms with van der Waals surface area (Å²) in [5.74, 6) is 1.15. The number of carbonyl (C=O) groups is 1. The third-order valence-electron chi connectivity index (χ3n) is 2.41. The van der Waals surface area contributed by atoms with Gasteiger partial charge in [-0.3, -0.25) is 4.79 Å². The van der Waals surface area contributed by atoms with Crippen LogP contribution in [0.2, 0.25) is 0 Å². The normalized spacial score (nSPS) is 24.8. The fourth-order valence-corrected chi connectivity index (χ4v) is 2.48. The van der Waals surface area contributed by atoms with Crippen molar-refractivity contribution in [1.82, 2.24) is 4.90 Å². The average Bonchev–Trinajstić information content (AvgIpc) is 2.52. The highest BCUT2D eigenvalue weighted by Crippen LogP contribution is 2.20. The van der Waals surface area contributed by atoms with E-state index < -0.39 is 0 Å². The number of nitrogens with two attached hydrogens (primary N) is 1. The van der Waals surface area contributed by atoms with Crippen molar-refractivity contribution in [2.24, 2.45) is 5.73 Å². The molecule has 0 unspecified atom stereocenters. The lowest BCUT2D eigenvalue weighted by Gasteiger charge is -2.25. The zero-order chi connectivity index (χ0) is 9.84. The molecule has 0 saturated carbocycles. The van der Waals surface area contributed by atoms with Crippen LogP contribution in [0.5, 0.6) is 0 Å². The van der Waals surface area contributed by atoms with Crippen LogP contribution in [-0.2, 0) is 4.79 Å². The smallest absolute Gasteiger partial charge is 0.239 e. The number of rotatable bonds is 3. The molecule has 0 radical (unpaired) electrons. The van der Waals surface area contributed by atoms with Gasteiger partial charge in [-0.15, -0.1) is 0 Å². The van der Waals surface area contributed by atoms with E-state index in [9.17, 15) is 4.79 Å². The molecule has 1 aliphatic rings.